The number of rotatable bonds is 3. The zero-order chi connectivity index (χ0) is 6.41. The van der Waals surface area contributed by atoms with Gasteiger partial charge in [0.1, 0.15) is 0 Å². The summed E-state index contributed by atoms with van der Waals surface area (Å²) in [5.41, 5.74) is 0. The van der Waals surface area contributed by atoms with Crippen LogP contribution < -0.4 is 0 Å². The van der Waals surface area contributed by atoms with E-state index in [1.807, 2.05) is 0 Å². The van der Waals surface area contributed by atoms with Gasteiger partial charge < -0.3 is 13.6 Å². The van der Waals surface area contributed by atoms with Crippen molar-refractivity contribution in [1.82, 2.24) is 0 Å². The highest BCUT2D eigenvalue weighted by Crippen LogP contribution is 2.36. The molecule has 0 aliphatic rings. The Morgan fingerprint density at radius 1 is 1.38 bits per heavy atom. The van der Waals surface area contributed by atoms with Gasteiger partial charge in [-0.25, -0.2) is 0 Å². The molecular formula is C3H6NO3P. The second-order valence-electron chi connectivity index (χ2n) is 0.771. The van der Waals surface area contributed by atoms with E-state index in [1.165, 1.54) is 20.5 Å². The van der Waals surface area contributed by atoms with E-state index in [1.54, 1.807) is 0 Å². The van der Waals surface area contributed by atoms with Gasteiger partial charge in [0.05, 0.1) is 0 Å². The smallest absolute Gasteiger partial charge is 0.352 e. The van der Waals surface area contributed by atoms with Gasteiger partial charge in [-0.2, -0.15) is 0 Å². The molecule has 5 heteroatoms. The Labute approximate surface area is 49.0 Å². The molecule has 0 amide bonds. The van der Waals surface area contributed by atoms with Crippen molar-refractivity contribution in [3.63, 3.8) is 0 Å². The van der Waals surface area contributed by atoms with Gasteiger partial charge in [-0.1, -0.05) is 0 Å². The van der Waals surface area contributed by atoms with Gasteiger partial charge in [-0.3, -0.25) is 0 Å². The Morgan fingerprint density at radius 3 is 2.00 bits per heavy atom. The van der Waals surface area contributed by atoms with Crippen LogP contribution in [0.4, 0.5) is 0 Å². The summed E-state index contributed by atoms with van der Waals surface area (Å²) in [6, 6.07) is 0. The van der Waals surface area contributed by atoms with Crippen LogP contribution in [0.25, 0.3) is 0 Å². The summed E-state index contributed by atoms with van der Waals surface area (Å²) in [4.78, 5) is 0. The zero-order valence-electron chi connectivity index (χ0n) is 4.62. The van der Waals surface area contributed by atoms with Crippen LogP contribution in [0.3, 0.4) is 0 Å². The summed E-state index contributed by atoms with van der Waals surface area (Å²) in [5, 5.41) is 7.88. The van der Waals surface area contributed by atoms with E-state index in [9.17, 15) is 0 Å². The number of hydrogen-bond acceptors (Lipinski definition) is 4. The lowest BCUT2D eigenvalue weighted by molar-refractivity contribution is 0.264. The lowest BCUT2D eigenvalue weighted by Gasteiger charge is -2.03. The van der Waals surface area contributed by atoms with E-state index in [4.69, 9.17) is 5.26 Å². The minimum Gasteiger partial charge on any atom is -0.352 e. The monoisotopic (exact) mass is 135 g/mol. The van der Waals surface area contributed by atoms with Crippen molar-refractivity contribution in [3.8, 4) is 6.26 Å². The van der Waals surface area contributed by atoms with Gasteiger partial charge in [-0.05, 0) is 0 Å². The first-order valence-electron chi connectivity index (χ1n) is 1.79. The summed E-state index contributed by atoms with van der Waals surface area (Å²) in [7, 11) is 1.40. The molecule has 0 aliphatic heterocycles. The second-order valence-corrected chi connectivity index (χ2v) is 2.13. The van der Waals surface area contributed by atoms with Crippen LogP contribution in [-0.2, 0) is 13.6 Å². The van der Waals surface area contributed by atoms with Crippen molar-refractivity contribution in [3.05, 3.63) is 0 Å². The Hall–Kier alpha value is -0.360. The van der Waals surface area contributed by atoms with E-state index in [2.05, 4.69) is 13.6 Å². The molecule has 0 spiro atoms. The first kappa shape index (κ1) is 7.64. The maximum atomic E-state index is 7.88. The number of nitrogens with zero attached hydrogens (tertiary/aromatic N) is 1. The molecule has 0 saturated heterocycles. The molecule has 0 aromatic heterocycles. The molecular weight excluding hydrogens is 129 g/mol. The molecule has 0 aliphatic carbocycles. The average Bonchev–Trinajstić information content (AvgIpc) is 1.83. The summed E-state index contributed by atoms with van der Waals surface area (Å²) >= 11 is 0. The minimum absolute atomic E-state index is 1.41. The molecule has 4 nitrogen and oxygen atoms in total. The summed E-state index contributed by atoms with van der Waals surface area (Å²) in [6.07, 6.45) is 1.45. The number of hydrogen-bond donors (Lipinski definition) is 0. The Morgan fingerprint density at radius 2 is 1.88 bits per heavy atom. The molecule has 0 atom stereocenters. The SMILES string of the molecule is COP(OC)OC#N. The van der Waals surface area contributed by atoms with Crippen LogP contribution in [0.5, 0.6) is 0 Å². The molecule has 0 fully saturated rings. The fourth-order valence-corrected chi connectivity index (χ4v) is 0.547. The number of nitriles is 1. The third kappa shape index (κ3) is 2.75. The van der Waals surface area contributed by atoms with E-state index in [-0.39, 0.29) is 0 Å². The highest BCUT2D eigenvalue weighted by molar-refractivity contribution is 7.41. The largest absolute Gasteiger partial charge is 0.407 e. The molecule has 0 saturated carbocycles. The van der Waals surface area contributed by atoms with Gasteiger partial charge in [0.2, 0.25) is 0 Å². The van der Waals surface area contributed by atoms with Crippen molar-refractivity contribution in [2.75, 3.05) is 14.2 Å². The van der Waals surface area contributed by atoms with Crippen molar-refractivity contribution in [2.24, 2.45) is 0 Å². The third-order valence-electron chi connectivity index (χ3n) is 0.414. The van der Waals surface area contributed by atoms with E-state index in [0.717, 1.165) is 0 Å². The molecule has 0 aromatic rings. The van der Waals surface area contributed by atoms with Crippen LogP contribution in [0.2, 0.25) is 0 Å². The van der Waals surface area contributed by atoms with Crippen molar-refractivity contribution < 1.29 is 13.6 Å². The lowest BCUT2D eigenvalue weighted by Crippen LogP contribution is -1.81. The van der Waals surface area contributed by atoms with E-state index in [0.29, 0.717) is 0 Å². The van der Waals surface area contributed by atoms with Gasteiger partial charge in [-0.15, -0.1) is 5.26 Å². The fraction of sp³-hybridized carbons (Fsp3) is 0.667. The standard InChI is InChI=1S/C3H6NO3P/c1-5-8(6-2)7-3-4/h1-2H3. The van der Waals surface area contributed by atoms with Gasteiger partial charge in [0.25, 0.3) is 6.26 Å². The van der Waals surface area contributed by atoms with Gasteiger partial charge in [0.15, 0.2) is 0 Å². The Balaban J connectivity index is 3.25. The Bertz CT molecular complexity index is 87.0. The molecule has 0 rings (SSSR count). The molecule has 0 bridgehead atoms. The lowest BCUT2D eigenvalue weighted by atomic mass is 11.6. The van der Waals surface area contributed by atoms with Crippen molar-refractivity contribution in [1.29, 1.82) is 5.26 Å². The highest BCUT2D eigenvalue weighted by atomic mass is 31.2. The van der Waals surface area contributed by atoms with Crippen LogP contribution in [0.15, 0.2) is 0 Å². The van der Waals surface area contributed by atoms with E-state index < -0.39 is 8.60 Å². The molecule has 0 N–H and O–H groups in total. The van der Waals surface area contributed by atoms with Crippen LogP contribution >= 0.6 is 8.60 Å². The molecule has 0 heterocycles. The topological polar surface area (TPSA) is 51.5 Å². The molecule has 0 radical (unpaired) electrons. The summed E-state index contributed by atoms with van der Waals surface area (Å²) in [5.74, 6) is 0. The minimum atomic E-state index is -1.42. The van der Waals surface area contributed by atoms with Crippen molar-refractivity contribution in [2.45, 2.75) is 0 Å². The highest BCUT2D eigenvalue weighted by Gasteiger charge is 2.05. The van der Waals surface area contributed by atoms with E-state index >= 15 is 0 Å². The predicted molar refractivity (Wildman–Crippen MR) is 27.6 cm³/mol. The second kappa shape index (κ2) is 4.79. The maximum absolute atomic E-state index is 7.88. The average molecular weight is 135 g/mol. The maximum Gasteiger partial charge on any atom is 0.407 e. The third-order valence-corrected chi connectivity index (χ3v) is 1.24. The van der Waals surface area contributed by atoms with Gasteiger partial charge >= 0.3 is 8.60 Å². The summed E-state index contributed by atoms with van der Waals surface area (Å²) in [6.45, 7) is 0. The first-order chi connectivity index (χ1) is 3.85. The van der Waals surface area contributed by atoms with Gasteiger partial charge in [0, 0.05) is 14.2 Å². The fourth-order valence-electron chi connectivity index (χ4n) is 0.182. The van der Waals surface area contributed by atoms with Crippen LogP contribution in [0, 0.1) is 11.5 Å². The molecule has 0 aromatic carbocycles. The normalized spacial score (nSPS) is 8.75. The Kier molecular flexibility index (Phi) is 4.58. The quantitative estimate of drug-likeness (QED) is 0.428. The predicted octanol–water partition coefficient (Wildman–Crippen LogP) is 1.00. The van der Waals surface area contributed by atoms with Crippen LogP contribution in [0.1, 0.15) is 0 Å². The molecule has 8 heavy (non-hydrogen) atoms. The van der Waals surface area contributed by atoms with Crippen LogP contribution in [-0.4, -0.2) is 14.2 Å². The molecule has 0 unspecified atom stereocenters. The van der Waals surface area contributed by atoms with Crippen molar-refractivity contribution >= 4 is 8.60 Å². The zero-order valence-corrected chi connectivity index (χ0v) is 5.51. The first-order valence-corrected chi connectivity index (χ1v) is 2.89. The summed E-state index contributed by atoms with van der Waals surface area (Å²) < 4.78 is 13.3. The molecule has 46 valence electrons.